The second kappa shape index (κ2) is 7.40. The van der Waals surface area contributed by atoms with E-state index in [1.807, 2.05) is 0 Å². The minimum Gasteiger partial charge on any atom is -0.496 e. The van der Waals surface area contributed by atoms with Crippen molar-refractivity contribution in [1.82, 2.24) is 0 Å². The molecule has 0 unspecified atom stereocenters. The van der Waals surface area contributed by atoms with Gasteiger partial charge in [0.05, 0.1) is 28.4 Å². The summed E-state index contributed by atoms with van der Waals surface area (Å²) in [6.45, 7) is 0. The number of rotatable bonds is 6. The first-order valence-electron chi connectivity index (χ1n) is 6.80. The van der Waals surface area contributed by atoms with Gasteiger partial charge in [0, 0.05) is 0 Å². The second-order valence-electron chi connectivity index (χ2n) is 4.42. The molecule has 0 radical (unpaired) electrons. The molecule has 2 aromatic rings. The maximum Gasteiger partial charge on any atom is 0.351 e. The van der Waals surface area contributed by atoms with E-state index in [1.165, 1.54) is 28.4 Å². The number of methoxy groups -OCH3 is 4. The predicted molar refractivity (Wildman–Crippen MR) is 84.1 cm³/mol. The average molecular weight is 318 g/mol. The van der Waals surface area contributed by atoms with Crippen molar-refractivity contribution in [3.63, 3.8) is 0 Å². The van der Waals surface area contributed by atoms with Crippen molar-refractivity contribution in [2.45, 2.75) is 0 Å². The van der Waals surface area contributed by atoms with E-state index in [-0.39, 0.29) is 11.3 Å². The molecular formula is C17H18O6. The number of hydrogen-bond donors (Lipinski definition) is 0. The topological polar surface area (TPSA) is 63.2 Å². The summed E-state index contributed by atoms with van der Waals surface area (Å²) in [5, 5.41) is 0. The molecule has 0 aromatic heterocycles. The van der Waals surface area contributed by atoms with Crippen molar-refractivity contribution in [1.29, 1.82) is 0 Å². The predicted octanol–water partition coefficient (Wildman–Crippen LogP) is 2.94. The van der Waals surface area contributed by atoms with E-state index >= 15 is 0 Å². The molecule has 6 heteroatoms. The molecule has 0 heterocycles. The summed E-state index contributed by atoms with van der Waals surface area (Å²) in [7, 11) is 5.90. The molecule has 122 valence electrons. The minimum absolute atomic E-state index is 0.186. The molecule has 0 aliphatic rings. The summed E-state index contributed by atoms with van der Waals surface area (Å²) in [6.07, 6.45) is 0. The zero-order valence-corrected chi connectivity index (χ0v) is 13.4. The van der Waals surface area contributed by atoms with Gasteiger partial charge in [0.2, 0.25) is 5.75 Å². The molecule has 2 rings (SSSR count). The molecular weight excluding hydrogens is 300 g/mol. The zero-order chi connectivity index (χ0) is 16.8. The maximum absolute atomic E-state index is 12.6. The minimum atomic E-state index is -0.637. The number of ether oxygens (including phenoxy) is 5. The molecule has 0 N–H and O–H groups in total. The Morgan fingerprint density at radius 2 is 1.09 bits per heavy atom. The van der Waals surface area contributed by atoms with Gasteiger partial charge in [-0.2, -0.15) is 0 Å². The molecule has 23 heavy (non-hydrogen) atoms. The van der Waals surface area contributed by atoms with Crippen LogP contribution in [0.1, 0.15) is 10.4 Å². The van der Waals surface area contributed by atoms with Crippen LogP contribution in [-0.4, -0.2) is 34.4 Å². The molecule has 6 nitrogen and oxygen atoms in total. The van der Waals surface area contributed by atoms with Gasteiger partial charge in [-0.05, 0) is 24.3 Å². The highest BCUT2D eigenvalue weighted by Gasteiger charge is 2.23. The summed E-state index contributed by atoms with van der Waals surface area (Å²) in [5.41, 5.74) is 0.186. The van der Waals surface area contributed by atoms with Crippen LogP contribution < -0.4 is 23.7 Å². The van der Waals surface area contributed by atoms with Crippen molar-refractivity contribution in [3.8, 4) is 28.7 Å². The Morgan fingerprint density at radius 3 is 1.48 bits per heavy atom. The molecule has 0 aliphatic carbocycles. The fourth-order valence-electron chi connectivity index (χ4n) is 2.11. The monoisotopic (exact) mass is 318 g/mol. The highest BCUT2D eigenvalue weighted by molar-refractivity contribution is 5.97. The summed E-state index contributed by atoms with van der Waals surface area (Å²) in [5.74, 6) is 1.02. The van der Waals surface area contributed by atoms with Crippen molar-refractivity contribution in [3.05, 3.63) is 42.0 Å². The highest BCUT2D eigenvalue weighted by atomic mass is 16.6. The molecule has 0 saturated heterocycles. The van der Waals surface area contributed by atoms with Gasteiger partial charge in [0.1, 0.15) is 17.1 Å². The summed E-state index contributed by atoms with van der Waals surface area (Å²) in [6, 6.07) is 10.1. The highest BCUT2D eigenvalue weighted by Crippen LogP contribution is 2.38. The van der Waals surface area contributed by atoms with Crippen LogP contribution in [0.4, 0.5) is 0 Å². The smallest absolute Gasteiger partial charge is 0.351 e. The van der Waals surface area contributed by atoms with E-state index in [0.717, 1.165) is 0 Å². The van der Waals surface area contributed by atoms with Crippen LogP contribution in [0.25, 0.3) is 0 Å². The molecule has 2 aromatic carbocycles. The van der Waals surface area contributed by atoms with Gasteiger partial charge >= 0.3 is 5.97 Å². The normalized spacial score (nSPS) is 9.91. The Labute approximate surface area is 134 Å². The van der Waals surface area contributed by atoms with Gasteiger partial charge in [-0.15, -0.1) is 0 Å². The van der Waals surface area contributed by atoms with Gasteiger partial charge in [-0.25, -0.2) is 4.79 Å². The number of carbonyl (C=O) groups excluding carboxylic acids is 1. The fourth-order valence-corrected chi connectivity index (χ4v) is 2.11. The van der Waals surface area contributed by atoms with Crippen molar-refractivity contribution in [2.75, 3.05) is 28.4 Å². The molecule has 0 spiro atoms. The van der Waals surface area contributed by atoms with Crippen molar-refractivity contribution < 1.29 is 28.5 Å². The number of hydrogen-bond acceptors (Lipinski definition) is 6. The van der Waals surface area contributed by atoms with Crippen molar-refractivity contribution >= 4 is 5.97 Å². The van der Waals surface area contributed by atoms with Crippen LogP contribution >= 0.6 is 0 Å². The quantitative estimate of drug-likeness (QED) is 0.603. The fraction of sp³-hybridized carbons (Fsp3) is 0.235. The van der Waals surface area contributed by atoms with E-state index in [0.29, 0.717) is 23.0 Å². The molecule has 0 aliphatic heterocycles. The zero-order valence-electron chi connectivity index (χ0n) is 13.4. The standard InChI is InChI=1S/C17H18O6/c1-19-11-7-5-8-12(20-2)15(11)17(18)23-16-13(21-3)9-6-10-14(16)22-4/h5-10H,1-4H3. The van der Waals surface area contributed by atoms with Crippen LogP contribution in [-0.2, 0) is 0 Å². The van der Waals surface area contributed by atoms with E-state index in [4.69, 9.17) is 23.7 Å². The third-order valence-corrected chi connectivity index (χ3v) is 3.21. The number of esters is 1. The first-order valence-corrected chi connectivity index (χ1v) is 6.80. The molecule has 0 atom stereocenters. The van der Waals surface area contributed by atoms with Crippen molar-refractivity contribution in [2.24, 2.45) is 0 Å². The Morgan fingerprint density at radius 1 is 0.696 bits per heavy atom. The number of para-hydroxylation sites is 1. The van der Waals surface area contributed by atoms with Crippen LogP contribution in [0.2, 0.25) is 0 Å². The Hall–Kier alpha value is -2.89. The van der Waals surface area contributed by atoms with Gasteiger partial charge in [-0.1, -0.05) is 12.1 Å². The Kier molecular flexibility index (Phi) is 5.30. The van der Waals surface area contributed by atoms with Gasteiger partial charge in [-0.3, -0.25) is 0 Å². The molecule has 0 fully saturated rings. The SMILES string of the molecule is COc1cccc(OC)c1OC(=O)c1c(OC)cccc1OC. The second-order valence-corrected chi connectivity index (χ2v) is 4.42. The third-order valence-electron chi connectivity index (χ3n) is 3.21. The van der Waals surface area contributed by atoms with Gasteiger partial charge < -0.3 is 23.7 Å². The first kappa shape index (κ1) is 16.5. The van der Waals surface area contributed by atoms with E-state index in [2.05, 4.69) is 0 Å². The number of benzene rings is 2. The lowest BCUT2D eigenvalue weighted by Crippen LogP contribution is -2.13. The van der Waals surface area contributed by atoms with Crippen LogP contribution in [0.5, 0.6) is 28.7 Å². The van der Waals surface area contributed by atoms with Crippen LogP contribution in [0.3, 0.4) is 0 Å². The lowest BCUT2D eigenvalue weighted by Gasteiger charge is -2.15. The average Bonchev–Trinajstić information content (AvgIpc) is 2.60. The Bertz CT molecular complexity index is 651. The lowest BCUT2D eigenvalue weighted by molar-refractivity contribution is 0.0717. The summed E-state index contributed by atoms with van der Waals surface area (Å²) in [4.78, 5) is 12.6. The first-order chi connectivity index (χ1) is 11.2. The molecule has 0 saturated carbocycles. The largest absolute Gasteiger partial charge is 0.496 e. The van der Waals surface area contributed by atoms with E-state index < -0.39 is 5.97 Å². The summed E-state index contributed by atoms with van der Waals surface area (Å²) < 4.78 is 26.3. The van der Waals surface area contributed by atoms with E-state index in [9.17, 15) is 4.79 Å². The lowest BCUT2D eigenvalue weighted by atomic mass is 10.1. The van der Waals surface area contributed by atoms with E-state index in [1.54, 1.807) is 36.4 Å². The maximum atomic E-state index is 12.6. The Balaban J connectivity index is 2.45. The number of carbonyl (C=O) groups is 1. The van der Waals surface area contributed by atoms with Gasteiger partial charge in [0.15, 0.2) is 11.5 Å². The molecule has 0 bridgehead atoms. The molecule has 0 amide bonds. The van der Waals surface area contributed by atoms with Gasteiger partial charge in [0.25, 0.3) is 0 Å². The van der Waals surface area contributed by atoms with Crippen LogP contribution in [0, 0.1) is 0 Å². The summed E-state index contributed by atoms with van der Waals surface area (Å²) >= 11 is 0. The third kappa shape index (κ3) is 3.31. The van der Waals surface area contributed by atoms with Crippen LogP contribution in [0.15, 0.2) is 36.4 Å².